The van der Waals surface area contributed by atoms with Gasteiger partial charge in [-0.2, -0.15) is 5.26 Å². The van der Waals surface area contributed by atoms with E-state index < -0.39 is 11.9 Å². The van der Waals surface area contributed by atoms with E-state index in [0.717, 1.165) is 11.1 Å². The number of fused-ring (bicyclic) bond motifs is 1. The van der Waals surface area contributed by atoms with E-state index in [-0.39, 0.29) is 23.8 Å². The van der Waals surface area contributed by atoms with E-state index in [1.54, 1.807) is 62.8 Å². The first-order chi connectivity index (χ1) is 17.7. The van der Waals surface area contributed by atoms with Crippen LogP contribution in [0.3, 0.4) is 0 Å². The minimum atomic E-state index is -0.603. The van der Waals surface area contributed by atoms with Gasteiger partial charge in [0, 0.05) is 22.2 Å². The molecular weight excluding hydrogens is 496 g/mol. The molecule has 3 aromatic carbocycles. The van der Waals surface area contributed by atoms with Crippen molar-refractivity contribution >= 4 is 17.6 Å². The van der Waals surface area contributed by atoms with E-state index in [1.165, 1.54) is 0 Å². The Kier molecular flexibility index (Phi) is 7.46. The monoisotopic (exact) mass is 520 g/mol. The van der Waals surface area contributed by atoms with E-state index in [0.29, 0.717) is 39.1 Å². The molecule has 1 aliphatic rings. The number of hydrogen-bond acceptors (Lipinski definition) is 8. The molecule has 0 saturated heterocycles. The van der Waals surface area contributed by atoms with E-state index in [1.807, 2.05) is 13.8 Å². The Morgan fingerprint density at radius 1 is 1.00 bits per heavy atom. The number of carbonyl (C=O) groups excluding carboxylic acids is 1. The van der Waals surface area contributed by atoms with Gasteiger partial charge in [-0.1, -0.05) is 17.7 Å². The molecule has 0 amide bonds. The maximum absolute atomic E-state index is 12.5. The minimum Gasteiger partial charge on any atom is -0.497 e. The van der Waals surface area contributed by atoms with Gasteiger partial charge in [-0.3, -0.25) is 0 Å². The number of nitrogens with zero attached hydrogens (tertiary/aromatic N) is 1. The third-order valence-electron chi connectivity index (χ3n) is 5.94. The number of rotatable bonds is 7. The zero-order valence-corrected chi connectivity index (χ0v) is 21.5. The van der Waals surface area contributed by atoms with Crippen LogP contribution in [0.25, 0.3) is 0 Å². The van der Waals surface area contributed by atoms with Crippen molar-refractivity contribution in [1.29, 1.82) is 5.26 Å². The number of benzene rings is 3. The molecule has 1 aliphatic heterocycles. The van der Waals surface area contributed by atoms with Gasteiger partial charge in [-0.25, -0.2) is 4.79 Å². The number of nitrogens with two attached hydrogens (primary N) is 1. The lowest BCUT2D eigenvalue weighted by molar-refractivity contribution is -0.136. The van der Waals surface area contributed by atoms with Crippen molar-refractivity contribution in [2.24, 2.45) is 5.73 Å². The third kappa shape index (κ3) is 5.27. The van der Waals surface area contributed by atoms with E-state index in [9.17, 15) is 10.1 Å². The van der Waals surface area contributed by atoms with Gasteiger partial charge in [0.1, 0.15) is 40.4 Å². The van der Waals surface area contributed by atoms with Crippen molar-refractivity contribution in [3.63, 3.8) is 0 Å². The maximum Gasteiger partial charge on any atom is 0.349 e. The summed E-state index contributed by atoms with van der Waals surface area (Å²) < 4.78 is 27.7. The SMILES string of the molecule is COc1ccc(OC)c(C2C(C#N)=C(N)Oc3cc(OC(=O)COc4cc(C)c(Cl)c(C)c4)ccc32)c1. The van der Waals surface area contributed by atoms with Crippen LogP contribution >= 0.6 is 11.6 Å². The lowest BCUT2D eigenvalue weighted by atomic mass is 9.83. The van der Waals surface area contributed by atoms with Crippen LogP contribution in [-0.4, -0.2) is 26.8 Å². The number of nitriles is 1. The summed E-state index contributed by atoms with van der Waals surface area (Å²) in [6.45, 7) is 3.42. The molecule has 8 nitrogen and oxygen atoms in total. The molecule has 0 spiro atoms. The summed E-state index contributed by atoms with van der Waals surface area (Å²) in [4.78, 5) is 12.5. The van der Waals surface area contributed by atoms with Crippen LogP contribution in [0, 0.1) is 25.2 Å². The van der Waals surface area contributed by atoms with Crippen LogP contribution in [0.1, 0.15) is 28.2 Å². The summed E-state index contributed by atoms with van der Waals surface area (Å²) in [6.07, 6.45) is 0. The molecule has 0 fully saturated rings. The second-order valence-electron chi connectivity index (χ2n) is 8.37. The highest BCUT2D eigenvalue weighted by Gasteiger charge is 2.33. The van der Waals surface area contributed by atoms with Crippen LogP contribution in [0.5, 0.6) is 28.7 Å². The molecule has 0 aliphatic carbocycles. The summed E-state index contributed by atoms with van der Waals surface area (Å²) in [6, 6.07) is 15.8. The predicted molar refractivity (Wildman–Crippen MR) is 137 cm³/mol. The Labute approximate surface area is 219 Å². The number of methoxy groups -OCH3 is 2. The Bertz CT molecular complexity index is 1420. The number of halogens is 1. The quantitative estimate of drug-likeness (QED) is 0.335. The molecule has 1 heterocycles. The fraction of sp³-hybridized carbons (Fsp3) is 0.214. The van der Waals surface area contributed by atoms with Gasteiger partial charge in [0.05, 0.1) is 20.1 Å². The molecule has 37 heavy (non-hydrogen) atoms. The third-order valence-corrected chi connectivity index (χ3v) is 6.53. The Morgan fingerprint density at radius 2 is 1.70 bits per heavy atom. The van der Waals surface area contributed by atoms with Crippen LogP contribution in [0.2, 0.25) is 5.02 Å². The number of aryl methyl sites for hydroxylation is 2. The number of carbonyl (C=O) groups is 1. The van der Waals surface area contributed by atoms with Gasteiger partial charge >= 0.3 is 5.97 Å². The molecule has 1 unspecified atom stereocenters. The van der Waals surface area contributed by atoms with Crippen molar-refractivity contribution in [2.45, 2.75) is 19.8 Å². The molecule has 1 atom stereocenters. The van der Waals surface area contributed by atoms with Crippen LogP contribution in [0.15, 0.2) is 60.0 Å². The highest BCUT2D eigenvalue weighted by atomic mass is 35.5. The summed E-state index contributed by atoms with van der Waals surface area (Å²) in [5.74, 6) is 1.02. The van der Waals surface area contributed by atoms with Gasteiger partial charge in [0.2, 0.25) is 5.88 Å². The van der Waals surface area contributed by atoms with Gasteiger partial charge in [-0.15, -0.1) is 0 Å². The van der Waals surface area contributed by atoms with Crippen LogP contribution in [-0.2, 0) is 4.79 Å². The van der Waals surface area contributed by atoms with Crippen LogP contribution in [0.4, 0.5) is 0 Å². The highest BCUT2D eigenvalue weighted by molar-refractivity contribution is 6.32. The van der Waals surface area contributed by atoms with Crippen molar-refractivity contribution in [3.05, 3.63) is 87.3 Å². The fourth-order valence-electron chi connectivity index (χ4n) is 4.18. The summed E-state index contributed by atoms with van der Waals surface area (Å²) in [5.41, 5.74) is 9.37. The largest absolute Gasteiger partial charge is 0.497 e. The molecule has 2 N–H and O–H groups in total. The van der Waals surface area contributed by atoms with E-state index in [4.69, 9.17) is 41.0 Å². The first kappa shape index (κ1) is 25.7. The number of ether oxygens (including phenoxy) is 5. The first-order valence-corrected chi connectivity index (χ1v) is 11.7. The molecule has 9 heteroatoms. The Morgan fingerprint density at radius 3 is 2.35 bits per heavy atom. The summed E-state index contributed by atoms with van der Waals surface area (Å²) in [5, 5.41) is 10.5. The predicted octanol–water partition coefficient (Wildman–Crippen LogP) is 5.18. The van der Waals surface area contributed by atoms with Crippen molar-refractivity contribution < 1.29 is 28.5 Å². The second kappa shape index (κ2) is 10.7. The lowest BCUT2D eigenvalue weighted by Gasteiger charge is -2.28. The summed E-state index contributed by atoms with van der Waals surface area (Å²) >= 11 is 6.19. The number of allylic oxidation sites excluding steroid dienone is 1. The fourth-order valence-corrected chi connectivity index (χ4v) is 4.29. The number of hydrogen-bond donors (Lipinski definition) is 1. The van der Waals surface area contributed by atoms with Gasteiger partial charge in [0.25, 0.3) is 0 Å². The Hall–Kier alpha value is -4.35. The highest BCUT2D eigenvalue weighted by Crippen LogP contribution is 2.46. The first-order valence-electron chi connectivity index (χ1n) is 11.3. The van der Waals surface area contributed by atoms with Crippen molar-refractivity contribution in [1.82, 2.24) is 0 Å². The molecule has 190 valence electrons. The molecule has 0 aromatic heterocycles. The van der Waals surface area contributed by atoms with Gasteiger partial charge in [-0.05, 0) is 61.4 Å². The maximum atomic E-state index is 12.5. The topological polar surface area (TPSA) is 113 Å². The van der Waals surface area contributed by atoms with Crippen molar-refractivity contribution in [2.75, 3.05) is 20.8 Å². The van der Waals surface area contributed by atoms with Gasteiger partial charge < -0.3 is 29.4 Å². The number of esters is 1. The molecular formula is C28H25ClN2O6. The normalized spacial score (nSPS) is 14.2. The van der Waals surface area contributed by atoms with Crippen LogP contribution < -0.4 is 29.4 Å². The zero-order chi connectivity index (χ0) is 26.7. The molecule has 0 radical (unpaired) electrons. The average Bonchev–Trinajstić information content (AvgIpc) is 2.89. The summed E-state index contributed by atoms with van der Waals surface area (Å²) in [7, 11) is 3.10. The Balaban J connectivity index is 1.59. The molecule has 0 saturated carbocycles. The lowest BCUT2D eigenvalue weighted by Crippen LogP contribution is -2.22. The molecule has 0 bridgehead atoms. The average molecular weight is 521 g/mol. The molecule has 4 rings (SSSR count). The standard InChI is InChI=1S/C28H25ClN2O6/c1-15-9-19(10-16(2)27(15)29)35-14-25(32)36-18-5-7-20-24(12-18)37-28(31)22(13-30)26(20)21-11-17(33-3)6-8-23(21)34-4/h5-12,26H,14,31H2,1-4H3. The minimum absolute atomic E-state index is 0.0508. The van der Waals surface area contributed by atoms with Gasteiger partial charge in [0.15, 0.2) is 6.61 Å². The van der Waals surface area contributed by atoms with E-state index >= 15 is 0 Å². The van der Waals surface area contributed by atoms with Crippen molar-refractivity contribution in [3.8, 4) is 34.8 Å². The molecule has 3 aromatic rings. The smallest absolute Gasteiger partial charge is 0.349 e. The zero-order valence-electron chi connectivity index (χ0n) is 20.8. The van der Waals surface area contributed by atoms with E-state index in [2.05, 4.69) is 6.07 Å². The second-order valence-corrected chi connectivity index (χ2v) is 8.74.